The first-order valence-corrected chi connectivity index (χ1v) is 10.7. The van der Waals surface area contributed by atoms with Gasteiger partial charge in [0.1, 0.15) is 17.4 Å². The number of aryl methyl sites for hydroxylation is 1. The number of nitrogens with one attached hydrogen (secondary N) is 1. The first-order valence-electron chi connectivity index (χ1n) is 10.7. The predicted octanol–water partition coefficient (Wildman–Crippen LogP) is 1.94. The van der Waals surface area contributed by atoms with Crippen molar-refractivity contribution < 1.29 is 22.8 Å². The maximum Gasteiger partial charge on any atom is 0.433 e. The SMILES string of the molecule is C[C@H]1C(=O)N2CCCc3nc(NC4CN(C(=O)c5ccc(C(F)(F)F)nc5)C4)nc(c32)N1C. The Balaban J connectivity index is 1.27. The molecule has 174 valence electrons. The van der Waals surface area contributed by atoms with Crippen LogP contribution in [0.25, 0.3) is 0 Å². The van der Waals surface area contributed by atoms with Crippen LogP contribution in [-0.2, 0) is 17.4 Å². The molecule has 3 aliphatic rings. The van der Waals surface area contributed by atoms with Crippen molar-refractivity contribution in [1.82, 2.24) is 19.9 Å². The number of nitrogens with zero attached hydrogens (tertiary/aromatic N) is 6. The zero-order chi connectivity index (χ0) is 23.5. The molecule has 2 aromatic heterocycles. The molecule has 1 saturated heterocycles. The average Bonchev–Trinajstić information content (AvgIpc) is 2.77. The summed E-state index contributed by atoms with van der Waals surface area (Å²) in [6, 6.07) is 1.54. The molecule has 9 nitrogen and oxygen atoms in total. The molecule has 1 atom stereocenters. The van der Waals surface area contributed by atoms with E-state index in [1.807, 2.05) is 18.9 Å². The van der Waals surface area contributed by atoms with Gasteiger partial charge in [0.2, 0.25) is 11.9 Å². The molecule has 0 unspecified atom stereocenters. The fraction of sp³-hybridized carbons (Fsp3) is 0.476. The van der Waals surface area contributed by atoms with Crippen molar-refractivity contribution >= 4 is 29.3 Å². The highest BCUT2D eigenvalue weighted by Gasteiger charge is 2.40. The molecule has 0 radical (unpaired) electrons. The summed E-state index contributed by atoms with van der Waals surface area (Å²) in [4.78, 5) is 42.9. The van der Waals surface area contributed by atoms with Gasteiger partial charge in [-0.1, -0.05) is 0 Å². The number of rotatable bonds is 3. The number of anilines is 3. The predicted molar refractivity (Wildman–Crippen MR) is 113 cm³/mol. The number of carbonyl (C=O) groups is 2. The van der Waals surface area contributed by atoms with Crippen LogP contribution in [0.2, 0.25) is 0 Å². The van der Waals surface area contributed by atoms with Crippen LogP contribution in [0.4, 0.5) is 30.6 Å². The quantitative estimate of drug-likeness (QED) is 0.747. The van der Waals surface area contributed by atoms with Crippen molar-refractivity contribution in [3.8, 4) is 0 Å². The van der Waals surface area contributed by atoms with E-state index in [1.165, 1.54) is 4.90 Å². The third-order valence-electron chi connectivity index (χ3n) is 6.34. The average molecular weight is 461 g/mol. The lowest BCUT2D eigenvalue weighted by atomic mass is 10.0. The van der Waals surface area contributed by atoms with Crippen molar-refractivity contribution in [3.05, 3.63) is 35.3 Å². The molecule has 1 N–H and O–H groups in total. The van der Waals surface area contributed by atoms with Gasteiger partial charge in [-0.2, -0.15) is 18.2 Å². The molecule has 2 amide bonds. The third kappa shape index (κ3) is 3.62. The lowest BCUT2D eigenvalue weighted by Crippen LogP contribution is -2.57. The minimum absolute atomic E-state index is 0.0427. The first kappa shape index (κ1) is 21.4. The Kier molecular flexibility index (Phi) is 4.91. The Hall–Kier alpha value is -3.44. The topological polar surface area (TPSA) is 94.6 Å². The van der Waals surface area contributed by atoms with Crippen LogP contribution < -0.4 is 15.1 Å². The summed E-state index contributed by atoms with van der Waals surface area (Å²) < 4.78 is 38.0. The molecule has 0 spiro atoms. The number of hydrogen-bond donors (Lipinski definition) is 1. The summed E-state index contributed by atoms with van der Waals surface area (Å²) in [7, 11) is 1.84. The third-order valence-corrected chi connectivity index (χ3v) is 6.34. The van der Waals surface area contributed by atoms with E-state index in [0.29, 0.717) is 31.4 Å². The number of alkyl halides is 3. The van der Waals surface area contributed by atoms with Crippen LogP contribution >= 0.6 is 0 Å². The number of aromatic nitrogens is 3. The highest BCUT2D eigenvalue weighted by molar-refractivity contribution is 6.05. The number of likely N-dealkylation sites (N-methyl/N-ethyl adjacent to an activating group) is 1. The van der Waals surface area contributed by atoms with Crippen molar-refractivity contribution in [2.45, 2.75) is 38.0 Å². The molecule has 0 saturated carbocycles. The number of likely N-dealkylation sites (tertiary alicyclic amines) is 1. The van der Waals surface area contributed by atoms with Gasteiger partial charge in [-0.3, -0.25) is 14.6 Å². The van der Waals surface area contributed by atoms with Crippen LogP contribution in [0.15, 0.2) is 18.3 Å². The Morgan fingerprint density at radius 1 is 1.21 bits per heavy atom. The van der Waals surface area contributed by atoms with Crippen LogP contribution in [0.5, 0.6) is 0 Å². The molecule has 5 heterocycles. The number of carbonyl (C=O) groups excluding carboxylic acids is 2. The number of pyridine rings is 1. The van der Waals surface area contributed by atoms with E-state index in [4.69, 9.17) is 0 Å². The monoisotopic (exact) mass is 461 g/mol. The van der Waals surface area contributed by atoms with Gasteiger partial charge in [0.25, 0.3) is 5.91 Å². The lowest BCUT2D eigenvalue weighted by Gasteiger charge is -2.42. The maximum atomic E-state index is 12.7. The molecule has 1 fully saturated rings. The molecule has 3 aliphatic heterocycles. The van der Waals surface area contributed by atoms with Gasteiger partial charge in [0.15, 0.2) is 5.82 Å². The molecule has 33 heavy (non-hydrogen) atoms. The van der Waals surface area contributed by atoms with Crippen molar-refractivity contribution in [2.24, 2.45) is 0 Å². The van der Waals surface area contributed by atoms with Crippen LogP contribution in [0.1, 0.15) is 35.1 Å². The Bertz CT molecular complexity index is 1120. The minimum Gasteiger partial charge on any atom is -0.348 e. The van der Waals surface area contributed by atoms with Crippen LogP contribution in [0, 0.1) is 0 Å². The van der Waals surface area contributed by atoms with E-state index in [2.05, 4.69) is 20.3 Å². The summed E-state index contributed by atoms with van der Waals surface area (Å²) >= 11 is 0. The van der Waals surface area contributed by atoms with E-state index in [9.17, 15) is 22.8 Å². The summed E-state index contributed by atoms with van der Waals surface area (Å²) in [5.74, 6) is 0.810. The van der Waals surface area contributed by atoms with Crippen molar-refractivity contribution in [1.29, 1.82) is 0 Å². The second-order valence-electron chi connectivity index (χ2n) is 8.53. The van der Waals surface area contributed by atoms with E-state index in [1.54, 1.807) is 4.90 Å². The van der Waals surface area contributed by atoms with Gasteiger partial charge in [-0.05, 0) is 31.9 Å². The molecular formula is C21H22F3N7O2. The van der Waals surface area contributed by atoms with E-state index in [-0.39, 0.29) is 29.5 Å². The summed E-state index contributed by atoms with van der Waals surface area (Å²) in [6.45, 7) is 3.24. The zero-order valence-electron chi connectivity index (χ0n) is 18.1. The van der Waals surface area contributed by atoms with Crippen molar-refractivity contribution in [3.63, 3.8) is 0 Å². The Labute approximate surface area is 187 Å². The summed E-state index contributed by atoms with van der Waals surface area (Å²) in [6.07, 6.45) is -2.01. The maximum absolute atomic E-state index is 12.7. The van der Waals surface area contributed by atoms with Gasteiger partial charge in [-0.15, -0.1) is 0 Å². The first-order chi connectivity index (χ1) is 15.6. The Morgan fingerprint density at radius 3 is 2.64 bits per heavy atom. The molecule has 5 rings (SSSR count). The molecule has 0 aromatic carbocycles. The summed E-state index contributed by atoms with van der Waals surface area (Å²) in [5.41, 5.74) is 0.674. The highest BCUT2D eigenvalue weighted by Crippen LogP contribution is 2.39. The second-order valence-corrected chi connectivity index (χ2v) is 8.53. The zero-order valence-corrected chi connectivity index (χ0v) is 18.1. The van der Waals surface area contributed by atoms with E-state index in [0.717, 1.165) is 42.6 Å². The van der Waals surface area contributed by atoms with Crippen molar-refractivity contribution in [2.75, 3.05) is 41.8 Å². The van der Waals surface area contributed by atoms with Gasteiger partial charge in [0.05, 0.1) is 17.3 Å². The van der Waals surface area contributed by atoms with E-state index >= 15 is 0 Å². The second kappa shape index (κ2) is 7.56. The Morgan fingerprint density at radius 2 is 1.97 bits per heavy atom. The molecule has 12 heteroatoms. The summed E-state index contributed by atoms with van der Waals surface area (Å²) in [5, 5.41) is 3.24. The van der Waals surface area contributed by atoms with Crippen LogP contribution in [-0.4, -0.2) is 70.4 Å². The minimum atomic E-state index is -4.54. The highest BCUT2D eigenvalue weighted by atomic mass is 19.4. The molecular weight excluding hydrogens is 439 g/mol. The number of hydrogen-bond acceptors (Lipinski definition) is 7. The standard InChI is InChI=1S/C21H22F3N7O2/c1-11-18(32)31-7-3-4-14-16(31)17(29(11)2)28-20(27-14)26-13-9-30(10-13)19(33)12-5-6-15(25-8-12)21(22,23)24/h5-6,8,11,13H,3-4,7,9-10H2,1-2H3,(H,26,27,28)/t11-/m0/s1. The van der Waals surface area contributed by atoms with Gasteiger partial charge >= 0.3 is 6.18 Å². The fourth-order valence-electron chi connectivity index (χ4n) is 4.35. The number of halogens is 3. The van der Waals surface area contributed by atoms with Gasteiger partial charge in [-0.25, -0.2) is 4.98 Å². The van der Waals surface area contributed by atoms with Gasteiger partial charge in [0, 0.05) is 32.9 Å². The molecule has 0 bridgehead atoms. The van der Waals surface area contributed by atoms with E-state index < -0.39 is 11.9 Å². The largest absolute Gasteiger partial charge is 0.433 e. The smallest absolute Gasteiger partial charge is 0.348 e. The number of amides is 2. The lowest BCUT2D eigenvalue weighted by molar-refractivity contribution is -0.141. The van der Waals surface area contributed by atoms with Gasteiger partial charge < -0.3 is 20.0 Å². The fourth-order valence-corrected chi connectivity index (χ4v) is 4.35. The normalized spacial score (nSPS) is 20.5. The molecule has 0 aliphatic carbocycles. The molecule has 2 aromatic rings. The van der Waals surface area contributed by atoms with Crippen LogP contribution in [0.3, 0.4) is 0 Å².